The third-order valence-corrected chi connectivity index (χ3v) is 7.23. The Morgan fingerprint density at radius 1 is 1.06 bits per heavy atom. The molecular weight excluding hydrogens is 430 g/mol. The summed E-state index contributed by atoms with van der Waals surface area (Å²) >= 11 is 1.69. The Bertz CT molecular complexity index is 1130. The molecule has 0 atom stereocenters. The van der Waals surface area contributed by atoms with Gasteiger partial charge in [-0.25, -0.2) is 13.1 Å². The lowest BCUT2D eigenvalue weighted by Gasteiger charge is -2.10. The normalized spacial score (nSPS) is 11.3. The first-order valence-electron chi connectivity index (χ1n) is 9.82. The number of nitrogens with zero attached hydrogens (tertiary/aromatic N) is 1. The predicted molar refractivity (Wildman–Crippen MR) is 125 cm³/mol. The molecule has 0 fully saturated rings. The number of sulfonamides is 1. The van der Waals surface area contributed by atoms with Crippen LogP contribution in [-0.2, 0) is 20.6 Å². The number of hydrogen-bond acceptors (Lipinski definition) is 5. The van der Waals surface area contributed by atoms with E-state index in [2.05, 4.69) is 15.0 Å². The van der Waals surface area contributed by atoms with Crippen LogP contribution in [0.4, 0.5) is 5.69 Å². The maximum Gasteiger partial charge on any atom is 0.240 e. The molecule has 0 aliphatic carbocycles. The molecule has 0 aliphatic rings. The highest BCUT2D eigenvalue weighted by Gasteiger charge is 2.17. The zero-order valence-electron chi connectivity index (χ0n) is 17.5. The summed E-state index contributed by atoms with van der Waals surface area (Å²) in [7, 11) is -3.65. The van der Waals surface area contributed by atoms with Gasteiger partial charge in [0.25, 0.3) is 0 Å². The first kappa shape index (κ1) is 23.0. The predicted octanol–water partition coefficient (Wildman–Crippen LogP) is 4.30. The number of carbonyl (C=O) groups excluding carboxylic acids is 1. The van der Waals surface area contributed by atoms with Crippen molar-refractivity contribution < 1.29 is 13.2 Å². The van der Waals surface area contributed by atoms with Gasteiger partial charge in [0.2, 0.25) is 15.9 Å². The van der Waals surface area contributed by atoms with Gasteiger partial charge in [0.15, 0.2) is 0 Å². The zero-order chi connectivity index (χ0) is 22.3. The van der Waals surface area contributed by atoms with Crippen LogP contribution in [0.1, 0.15) is 23.1 Å². The molecule has 3 rings (SSSR count). The van der Waals surface area contributed by atoms with Crippen molar-refractivity contribution in [3.8, 4) is 0 Å². The number of pyridine rings is 1. The van der Waals surface area contributed by atoms with Crippen LogP contribution in [0.15, 0.2) is 76.8 Å². The van der Waals surface area contributed by atoms with Gasteiger partial charge in [0, 0.05) is 41.7 Å². The smallest absolute Gasteiger partial charge is 0.240 e. The molecule has 162 valence electrons. The summed E-state index contributed by atoms with van der Waals surface area (Å²) in [5, 5.41) is 2.80. The molecule has 31 heavy (non-hydrogen) atoms. The van der Waals surface area contributed by atoms with Gasteiger partial charge in [0.05, 0.1) is 4.90 Å². The summed E-state index contributed by atoms with van der Waals surface area (Å²) < 4.78 is 27.5. The third kappa shape index (κ3) is 6.92. The molecule has 6 nitrogen and oxygen atoms in total. The highest BCUT2D eigenvalue weighted by atomic mass is 32.2. The van der Waals surface area contributed by atoms with Crippen molar-refractivity contribution in [1.82, 2.24) is 9.71 Å². The van der Waals surface area contributed by atoms with E-state index in [9.17, 15) is 13.2 Å². The standard InChI is InChI=1S/C23H25N3O3S2/c1-17-5-6-18(2)22(14-17)31(28,29)25-13-11-23(27)26-20-7-9-21(10-8-20)30-16-19-4-3-12-24-15-19/h3-10,12,14-15,25H,11,13,16H2,1-2H3,(H,26,27). The first-order chi connectivity index (χ1) is 14.8. The summed E-state index contributed by atoms with van der Waals surface area (Å²) in [6.45, 7) is 3.62. The Morgan fingerprint density at radius 3 is 2.55 bits per heavy atom. The monoisotopic (exact) mass is 455 g/mol. The Labute approximate surface area is 187 Å². The summed E-state index contributed by atoms with van der Waals surface area (Å²) in [5.41, 5.74) is 3.36. The number of hydrogen-bond donors (Lipinski definition) is 2. The van der Waals surface area contributed by atoms with E-state index >= 15 is 0 Å². The van der Waals surface area contributed by atoms with Crippen molar-refractivity contribution in [3.63, 3.8) is 0 Å². The number of anilines is 1. The fourth-order valence-electron chi connectivity index (χ4n) is 2.88. The van der Waals surface area contributed by atoms with Crippen molar-refractivity contribution in [1.29, 1.82) is 0 Å². The van der Waals surface area contributed by atoms with Crippen LogP contribution < -0.4 is 10.0 Å². The molecule has 0 aliphatic heterocycles. The Kier molecular flexibility index (Phi) is 7.84. The highest BCUT2D eigenvalue weighted by molar-refractivity contribution is 7.98. The number of carbonyl (C=O) groups is 1. The average molecular weight is 456 g/mol. The minimum absolute atomic E-state index is 0.0284. The second-order valence-corrected chi connectivity index (χ2v) is 9.92. The molecule has 1 heterocycles. The summed E-state index contributed by atoms with van der Waals surface area (Å²) in [6.07, 6.45) is 3.64. The number of aromatic nitrogens is 1. The van der Waals surface area contributed by atoms with Crippen molar-refractivity contribution in [2.24, 2.45) is 0 Å². The number of aryl methyl sites for hydroxylation is 2. The lowest BCUT2D eigenvalue weighted by atomic mass is 10.2. The van der Waals surface area contributed by atoms with Crippen LogP contribution in [0.2, 0.25) is 0 Å². The van der Waals surface area contributed by atoms with E-state index in [0.717, 1.165) is 21.8 Å². The van der Waals surface area contributed by atoms with Crippen LogP contribution in [0.3, 0.4) is 0 Å². The maximum absolute atomic E-state index is 12.5. The van der Waals surface area contributed by atoms with Crippen molar-refractivity contribution >= 4 is 33.4 Å². The van der Waals surface area contributed by atoms with Gasteiger partial charge in [-0.2, -0.15) is 0 Å². The van der Waals surface area contributed by atoms with Gasteiger partial charge in [-0.1, -0.05) is 18.2 Å². The van der Waals surface area contributed by atoms with E-state index in [0.29, 0.717) is 11.3 Å². The maximum atomic E-state index is 12.5. The molecule has 2 aromatic carbocycles. The number of thioether (sulfide) groups is 1. The molecular formula is C23H25N3O3S2. The van der Waals surface area contributed by atoms with E-state index in [-0.39, 0.29) is 23.8 Å². The van der Waals surface area contributed by atoms with E-state index in [1.807, 2.05) is 55.6 Å². The fourth-order valence-corrected chi connectivity index (χ4v) is 5.07. The topological polar surface area (TPSA) is 88.2 Å². The van der Waals surface area contributed by atoms with Crippen molar-refractivity contribution in [2.45, 2.75) is 35.8 Å². The number of amides is 1. The van der Waals surface area contributed by atoms with Gasteiger partial charge in [0.1, 0.15) is 0 Å². The van der Waals surface area contributed by atoms with Gasteiger partial charge in [-0.05, 0) is 66.9 Å². The molecule has 3 aromatic rings. The van der Waals surface area contributed by atoms with Gasteiger partial charge >= 0.3 is 0 Å². The summed E-state index contributed by atoms with van der Waals surface area (Å²) in [5.74, 6) is 0.569. The molecule has 0 unspecified atom stereocenters. The number of nitrogens with one attached hydrogen (secondary N) is 2. The quantitative estimate of drug-likeness (QED) is 0.470. The lowest BCUT2D eigenvalue weighted by Crippen LogP contribution is -2.28. The van der Waals surface area contributed by atoms with Gasteiger partial charge in [-0.3, -0.25) is 9.78 Å². The summed E-state index contributed by atoms with van der Waals surface area (Å²) in [6, 6.07) is 16.8. The molecule has 2 N–H and O–H groups in total. The zero-order valence-corrected chi connectivity index (χ0v) is 19.1. The lowest BCUT2D eigenvalue weighted by molar-refractivity contribution is -0.116. The molecule has 0 saturated carbocycles. The largest absolute Gasteiger partial charge is 0.326 e. The van der Waals surface area contributed by atoms with Crippen LogP contribution in [0, 0.1) is 13.8 Å². The van der Waals surface area contributed by atoms with Crippen LogP contribution in [0.5, 0.6) is 0 Å². The van der Waals surface area contributed by atoms with Crippen molar-refractivity contribution in [2.75, 3.05) is 11.9 Å². The Balaban J connectivity index is 1.46. The Morgan fingerprint density at radius 2 is 1.84 bits per heavy atom. The van der Waals surface area contributed by atoms with E-state index < -0.39 is 10.0 Å². The molecule has 1 amide bonds. The third-order valence-electron chi connectivity index (χ3n) is 4.54. The van der Waals surface area contributed by atoms with E-state index in [4.69, 9.17) is 0 Å². The van der Waals surface area contributed by atoms with Gasteiger partial charge in [-0.15, -0.1) is 11.8 Å². The summed E-state index contributed by atoms with van der Waals surface area (Å²) in [4.78, 5) is 17.6. The molecule has 1 aromatic heterocycles. The van der Waals surface area contributed by atoms with Gasteiger partial charge < -0.3 is 5.32 Å². The van der Waals surface area contributed by atoms with E-state index in [1.54, 1.807) is 37.0 Å². The van der Waals surface area contributed by atoms with Crippen LogP contribution in [0.25, 0.3) is 0 Å². The fraction of sp³-hybridized carbons (Fsp3) is 0.217. The van der Waals surface area contributed by atoms with Crippen LogP contribution >= 0.6 is 11.8 Å². The molecule has 0 spiro atoms. The molecule has 8 heteroatoms. The molecule has 0 saturated heterocycles. The van der Waals surface area contributed by atoms with Crippen molar-refractivity contribution in [3.05, 3.63) is 83.7 Å². The number of rotatable bonds is 9. The number of benzene rings is 2. The minimum atomic E-state index is -3.65. The molecule has 0 radical (unpaired) electrons. The second kappa shape index (κ2) is 10.6. The van der Waals surface area contributed by atoms with E-state index in [1.165, 1.54) is 0 Å². The average Bonchev–Trinajstić information content (AvgIpc) is 2.75. The first-order valence-corrected chi connectivity index (χ1v) is 12.3. The SMILES string of the molecule is Cc1ccc(C)c(S(=O)(=O)NCCC(=O)Nc2ccc(SCc3cccnc3)cc2)c1. The highest BCUT2D eigenvalue weighted by Crippen LogP contribution is 2.24. The Hall–Kier alpha value is -2.68. The second-order valence-electron chi connectivity index (χ2n) is 7.14. The minimum Gasteiger partial charge on any atom is -0.326 e. The molecule has 0 bridgehead atoms. The van der Waals surface area contributed by atoms with Crippen LogP contribution in [-0.4, -0.2) is 25.9 Å².